The van der Waals surface area contributed by atoms with Crippen molar-refractivity contribution < 1.29 is 4.79 Å². The standard InChI is InChI=1S/C20H22N4O/c25-20(18-6-2-1-5-17(18)15-8-10-21-13-15)22-11-9-16-14-23-19-7-3-4-12-24(16)19/h1-7,12,14-15,21H,8-11,13H2,(H,22,25)/t15-/m0/s1. The minimum absolute atomic E-state index is 0.0105. The van der Waals surface area contributed by atoms with Crippen LogP contribution in [0.15, 0.2) is 54.9 Å². The van der Waals surface area contributed by atoms with Gasteiger partial charge in [0.25, 0.3) is 5.91 Å². The molecule has 1 atom stereocenters. The zero-order chi connectivity index (χ0) is 17.1. The van der Waals surface area contributed by atoms with Crippen LogP contribution in [0.1, 0.15) is 34.0 Å². The van der Waals surface area contributed by atoms with E-state index in [1.165, 1.54) is 0 Å². The number of imidazole rings is 1. The molecule has 2 aromatic heterocycles. The zero-order valence-electron chi connectivity index (χ0n) is 14.1. The number of carbonyl (C=O) groups excluding carboxylic acids is 1. The summed E-state index contributed by atoms with van der Waals surface area (Å²) in [5.41, 5.74) is 3.99. The van der Waals surface area contributed by atoms with E-state index in [9.17, 15) is 4.79 Å². The summed E-state index contributed by atoms with van der Waals surface area (Å²) in [6.45, 7) is 2.57. The summed E-state index contributed by atoms with van der Waals surface area (Å²) in [5, 5.41) is 6.44. The Morgan fingerprint density at radius 3 is 3.00 bits per heavy atom. The molecule has 1 aliphatic heterocycles. The van der Waals surface area contributed by atoms with E-state index >= 15 is 0 Å². The predicted molar refractivity (Wildman–Crippen MR) is 97.9 cm³/mol. The van der Waals surface area contributed by atoms with Gasteiger partial charge in [0.1, 0.15) is 5.65 Å². The number of fused-ring (bicyclic) bond motifs is 1. The van der Waals surface area contributed by atoms with Crippen molar-refractivity contribution in [3.05, 3.63) is 71.7 Å². The summed E-state index contributed by atoms with van der Waals surface area (Å²) in [6.07, 6.45) is 5.72. The number of carbonyl (C=O) groups is 1. The highest BCUT2D eigenvalue weighted by molar-refractivity contribution is 5.95. The van der Waals surface area contributed by atoms with Gasteiger partial charge in [-0.15, -0.1) is 0 Å². The molecule has 0 aliphatic carbocycles. The second-order valence-corrected chi connectivity index (χ2v) is 6.46. The molecule has 5 nitrogen and oxygen atoms in total. The molecule has 1 fully saturated rings. The van der Waals surface area contributed by atoms with E-state index < -0.39 is 0 Å². The minimum Gasteiger partial charge on any atom is -0.352 e. The molecule has 0 saturated carbocycles. The Balaban J connectivity index is 1.43. The van der Waals surface area contributed by atoms with Gasteiger partial charge in [-0.05, 0) is 42.6 Å². The van der Waals surface area contributed by atoms with Gasteiger partial charge < -0.3 is 15.0 Å². The first-order valence-corrected chi connectivity index (χ1v) is 8.82. The van der Waals surface area contributed by atoms with Crippen LogP contribution in [-0.4, -0.2) is 34.9 Å². The number of pyridine rings is 1. The second kappa shape index (κ2) is 7.07. The molecule has 1 amide bonds. The van der Waals surface area contributed by atoms with E-state index in [2.05, 4.69) is 26.1 Å². The maximum atomic E-state index is 12.7. The van der Waals surface area contributed by atoms with Gasteiger partial charge in [0.05, 0.1) is 0 Å². The van der Waals surface area contributed by atoms with Crippen molar-refractivity contribution in [3.63, 3.8) is 0 Å². The summed E-state index contributed by atoms with van der Waals surface area (Å²) in [5.74, 6) is 0.442. The third kappa shape index (κ3) is 3.28. The molecule has 1 aromatic carbocycles. The number of nitrogens with one attached hydrogen (secondary N) is 2. The lowest BCUT2D eigenvalue weighted by molar-refractivity contribution is 0.0952. The zero-order valence-corrected chi connectivity index (χ0v) is 14.1. The smallest absolute Gasteiger partial charge is 0.251 e. The first kappa shape index (κ1) is 15.8. The van der Waals surface area contributed by atoms with Crippen molar-refractivity contribution in [2.45, 2.75) is 18.8 Å². The lowest BCUT2D eigenvalue weighted by atomic mass is 9.93. The van der Waals surface area contributed by atoms with Crippen LogP contribution in [0.25, 0.3) is 5.65 Å². The van der Waals surface area contributed by atoms with Gasteiger partial charge in [-0.1, -0.05) is 24.3 Å². The summed E-state index contributed by atoms with van der Waals surface area (Å²) < 4.78 is 2.06. The largest absolute Gasteiger partial charge is 0.352 e. The average molecular weight is 334 g/mol. The van der Waals surface area contributed by atoms with E-state index in [-0.39, 0.29) is 5.91 Å². The minimum atomic E-state index is 0.0105. The van der Waals surface area contributed by atoms with Gasteiger partial charge >= 0.3 is 0 Å². The number of aromatic nitrogens is 2. The fraction of sp³-hybridized carbons (Fsp3) is 0.300. The van der Waals surface area contributed by atoms with Gasteiger partial charge in [-0.25, -0.2) is 4.98 Å². The van der Waals surface area contributed by atoms with Crippen LogP contribution in [0.4, 0.5) is 0 Å². The van der Waals surface area contributed by atoms with Crippen molar-refractivity contribution in [2.75, 3.05) is 19.6 Å². The number of benzene rings is 1. The number of rotatable bonds is 5. The summed E-state index contributed by atoms with van der Waals surface area (Å²) >= 11 is 0. The van der Waals surface area contributed by atoms with Gasteiger partial charge in [-0.2, -0.15) is 0 Å². The summed E-state index contributed by atoms with van der Waals surface area (Å²) in [7, 11) is 0. The van der Waals surface area contributed by atoms with Gasteiger partial charge in [-0.3, -0.25) is 4.79 Å². The molecule has 4 rings (SSSR count). The predicted octanol–water partition coefficient (Wildman–Crippen LogP) is 2.38. The lowest BCUT2D eigenvalue weighted by Gasteiger charge is -2.14. The molecular formula is C20H22N4O. The van der Waals surface area contributed by atoms with E-state index in [0.717, 1.165) is 48.4 Å². The van der Waals surface area contributed by atoms with Crippen molar-refractivity contribution in [1.29, 1.82) is 0 Å². The monoisotopic (exact) mass is 334 g/mol. The molecule has 128 valence electrons. The highest BCUT2D eigenvalue weighted by atomic mass is 16.1. The molecule has 2 N–H and O–H groups in total. The van der Waals surface area contributed by atoms with E-state index in [1.807, 2.05) is 48.8 Å². The van der Waals surface area contributed by atoms with Crippen LogP contribution >= 0.6 is 0 Å². The van der Waals surface area contributed by atoms with E-state index in [1.54, 1.807) is 0 Å². The molecular weight excluding hydrogens is 312 g/mol. The lowest BCUT2D eigenvalue weighted by Crippen LogP contribution is -2.27. The molecule has 0 spiro atoms. The van der Waals surface area contributed by atoms with Crippen LogP contribution in [-0.2, 0) is 6.42 Å². The number of nitrogens with zero attached hydrogens (tertiary/aromatic N) is 2. The fourth-order valence-electron chi connectivity index (χ4n) is 3.55. The van der Waals surface area contributed by atoms with Crippen LogP contribution in [0.2, 0.25) is 0 Å². The molecule has 3 aromatic rings. The highest BCUT2D eigenvalue weighted by Gasteiger charge is 2.21. The van der Waals surface area contributed by atoms with Crippen molar-refractivity contribution >= 4 is 11.6 Å². The summed E-state index contributed by atoms with van der Waals surface area (Å²) in [4.78, 5) is 17.0. The molecule has 25 heavy (non-hydrogen) atoms. The van der Waals surface area contributed by atoms with Crippen molar-refractivity contribution in [1.82, 2.24) is 20.0 Å². The van der Waals surface area contributed by atoms with Crippen LogP contribution in [0.5, 0.6) is 0 Å². The first-order chi connectivity index (χ1) is 12.3. The number of amides is 1. The molecule has 1 saturated heterocycles. The van der Waals surface area contributed by atoms with Gasteiger partial charge in [0, 0.05) is 43.2 Å². The third-order valence-corrected chi connectivity index (χ3v) is 4.87. The van der Waals surface area contributed by atoms with Crippen LogP contribution in [0, 0.1) is 0 Å². The van der Waals surface area contributed by atoms with Gasteiger partial charge in [0.2, 0.25) is 0 Å². The molecule has 0 bridgehead atoms. The highest BCUT2D eigenvalue weighted by Crippen LogP contribution is 2.25. The average Bonchev–Trinajstić information content (AvgIpc) is 3.32. The Morgan fingerprint density at radius 1 is 1.24 bits per heavy atom. The fourth-order valence-corrected chi connectivity index (χ4v) is 3.55. The van der Waals surface area contributed by atoms with Crippen molar-refractivity contribution in [2.24, 2.45) is 0 Å². The molecule has 0 radical (unpaired) electrons. The molecule has 3 heterocycles. The second-order valence-electron chi connectivity index (χ2n) is 6.46. The normalized spacial score (nSPS) is 17.0. The first-order valence-electron chi connectivity index (χ1n) is 8.82. The Labute approximate surface area is 147 Å². The third-order valence-electron chi connectivity index (χ3n) is 4.87. The maximum absolute atomic E-state index is 12.7. The molecule has 1 aliphatic rings. The number of hydrogen-bond acceptors (Lipinski definition) is 3. The Kier molecular flexibility index (Phi) is 4.48. The van der Waals surface area contributed by atoms with E-state index in [0.29, 0.717) is 12.5 Å². The summed E-state index contributed by atoms with van der Waals surface area (Å²) in [6, 6.07) is 13.9. The van der Waals surface area contributed by atoms with Crippen molar-refractivity contribution in [3.8, 4) is 0 Å². The van der Waals surface area contributed by atoms with Gasteiger partial charge in [0.15, 0.2) is 0 Å². The quantitative estimate of drug-likeness (QED) is 0.753. The molecule has 0 unspecified atom stereocenters. The Morgan fingerprint density at radius 2 is 2.12 bits per heavy atom. The van der Waals surface area contributed by atoms with Crippen LogP contribution in [0.3, 0.4) is 0 Å². The molecule has 5 heteroatoms. The maximum Gasteiger partial charge on any atom is 0.251 e. The SMILES string of the molecule is O=C(NCCc1cnc2ccccn12)c1ccccc1[C@H]1CCNC1. The van der Waals surface area contributed by atoms with E-state index in [4.69, 9.17) is 0 Å². The van der Waals surface area contributed by atoms with Crippen LogP contribution < -0.4 is 10.6 Å². The Bertz CT molecular complexity index is 880. The Hall–Kier alpha value is -2.66. The topological polar surface area (TPSA) is 58.4 Å². The number of hydrogen-bond donors (Lipinski definition) is 2.